The number of aliphatic hydroxyl groups excluding tert-OH is 1. The second-order valence-electron chi connectivity index (χ2n) is 7.16. The minimum absolute atomic E-state index is 0.0316. The highest BCUT2D eigenvalue weighted by atomic mass is 16.5. The Balaban J connectivity index is 1.45. The first-order valence-corrected chi connectivity index (χ1v) is 9.47. The molecule has 1 saturated heterocycles. The summed E-state index contributed by atoms with van der Waals surface area (Å²) in [6.07, 6.45) is 6.19. The van der Waals surface area contributed by atoms with Crippen molar-refractivity contribution in [3.63, 3.8) is 0 Å². The van der Waals surface area contributed by atoms with E-state index in [0.717, 1.165) is 25.9 Å². The van der Waals surface area contributed by atoms with Gasteiger partial charge in [0.2, 0.25) is 11.8 Å². The summed E-state index contributed by atoms with van der Waals surface area (Å²) in [7, 11) is 0. The molecule has 2 heterocycles. The van der Waals surface area contributed by atoms with Crippen LogP contribution in [0.5, 0.6) is 0 Å². The molecule has 0 unspecified atom stereocenters. The zero-order valence-electron chi connectivity index (χ0n) is 15.1. The van der Waals surface area contributed by atoms with E-state index >= 15 is 0 Å². The van der Waals surface area contributed by atoms with Crippen LogP contribution in [0.1, 0.15) is 25.7 Å². The number of amides is 2. The van der Waals surface area contributed by atoms with Gasteiger partial charge in [-0.15, -0.1) is 0 Å². The predicted octanol–water partition coefficient (Wildman–Crippen LogP) is -0.822. The van der Waals surface area contributed by atoms with Crippen LogP contribution in [0.3, 0.4) is 0 Å². The van der Waals surface area contributed by atoms with Crippen molar-refractivity contribution in [2.75, 3.05) is 39.5 Å². The number of aliphatic hydroxyl groups is 1. The Morgan fingerprint density at radius 2 is 1.88 bits per heavy atom. The second-order valence-corrected chi connectivity index (χ2v) is 7.16. The van der Waals surface area contributed by atoms with Crippen molar-refractivity contribution in [1.82, 2.24) is 15.5 Å². The fourth-order valence-electron chi connectivity index (χ4n) is 3.35. The van der Waals surface area contributed by atoms with E-state index < -0.39 is 6.10 Å². The first-order chi connectivity index (χ1) is 12.6. The van der Waals surface area contributed by atoms with Gasteiger partial charge in [0.25, 0.3) is 0 Å². The Kier molecular flexibility index (Phi) is 7.01. The highest BCUT2D eigenvalue weighted by Crippen LogP contribution is 2.19. The van der Waals surface area contributed by atoms with Gasteiger partial charge in [0.15, 0.2) is 0 Å². The summed E-state index contributed by atoms with van der Waals surface area (Å²) < 4.78 is 11.1. The molecule has 2 aliphatic heterocycles. The molecule has 2 amide bonds. The summed E-state index contributed by atoms with van der Waals surface area (Å²) in [4.78, 5) is 26.3. The summed E-state index contributed by atoms with van der Waals surface area (Å²) in [5.74, 6) is -0.138. The van der Waals surface area contributed by atoms with Crippen molar-refractivity contribution in [1.29, 1.82) is 0 Å². The molecular weight excluding hydrogens is 338 g/mol. The number of carbonyl (C=O) groups is 2. The van der Waals surface area contributed by atoms with E-state index in [1.807, 2.05) is 11.0 Å². The number of nitrogens with one attached hydrogen (secondary N) is 2. The number of rotatable bonds is 7. The number of ether oxygens (including phenoxy) is 2. The van der Waals surface area contributed by atoms with Crippen LogP contribution in [0.2, 0.25) is 0 Å². The quantitative estimate of drug-likeness (QED) is 0.509. The van der Waals surface area contributed by atoms with Crippen molar-refractivity contribution in [2.45, 2.75) is 50.0 Å². The number of morpholine rings is 1. The molecular formula is C18H29N3O5. The third-order valence-electron chi connectivity index (χ3n) is 5.12. The van der Waals surface area contributed by atoms with Crippen LogP contribution in [0.15, 0.2) is 12.2 Å². The van der Waals surface area contributed by atoms with Gasteiger partial charge in [0.05, 0.1) is 44.9 Å². The van der Waals surface area contributed by atoms with Crippen LogP contribution < -0.4 is 10.6 Å². The van der Waals surface area contributed by atoms with Gasteiger partial charge in [-0.1, -0.05) is 12.2 Å². The molecule has 0 radical (unpaired) electrons. The molecule has 0 aromatic carbocycles. The Morgan fingerprint density at radius 3 is 2.54 bits per heavy atom. The summed E-state index contributed by atoms with van der Waals surface area (Å²) in [6, 6.07) is -0.0876. The molecule has 0 bridgehead atoms. The number of nitrogens with zero attached hydrogens (tertiary/aromatic N) is 1. The van der Waals surface area contributed by atoms with Crippen molar-refractivity contribution in [2.24, 2.45) is 0 Å². The highest BCUT2D eigenvalue weighted by Gasteiger charge is 2.30. The van der Waals surface area contributed by atoms with E-state index in [1.165, 1.54) is 6.42 Å². The Morgan fingerprint density at radius 1 is 1.12 bits per heavy atom. The zero-order chi connectivity index (χ0) is 18.4. The number of hydrogen-bond donors (Lipinski definition) is 3. The van der Waals surface area contributed by atoms with Gasteiger partial charge < -0.3 is 25.2 Å². The topological polar surface area (TPSA) is 100 Å². The molecule has 1 saturated carbocycles. The third kappa shape index (κ3) is 5.51. The highest BCUT2D eigenvalue weighted by molar-refractivity contribution is 5.79. The van der Waals surface area contributed by atoms with E-state index in [4.69, 9.17) is 9.47 Å². The maximum atomic E-state index is 12.2. The monoisotopic (exact) mass is 367 g/mol. The van der Waals surface area contributed by atoms with Crippen molar-refractivity contribution >= 4 is 11.8 Å². The van der Waals surface area contributed by atoms with Gasteiger partial charge in [0, 0.05) is 19.1 Å². The molecule has 146 valence electrons. The van der Waals surface area contributed by atoms with E-state index in [-0.39, 0.29) is 37.0 Å². The lowest BCUT2D eigenvalue weighted by molar-refractivity contribution is -0.129. The molecule has 3 N–H and O–H groups in total. The van der Waals surface area contributed by atoms with Gasteiger partial charge in [0.1, 0.15) is 6.10 Å². The predicted molar refractivity (Wildman–Crippen MR) is 94.5 cm³/mol. The minimum Gasteiger partial charge on any atom is -0.394 e. The van der Waals surface area contributed by atoms with Crippen LogP contribution in [-0.4, -0.2) is 85.6 Å². The van der Waals surface area contributed by atoms with E-state index in [0.29, 0.717) is 25.8 Å². The number of carbonyl (C=O) groups excluding carboxylic acids is 2. The molecule has 0 spiro atoms. The summed E-state index contributed by atoms with van der Waals surface area (Å²) in [5.41, 5.74) is 0. The SMILES string of the molecule is O=C(C[C@@H]1C=C[C@@H](NC(=O)CN2CCOCC2)[C@H](CO)O1)NC1CCC1. The lowest BCUT2D eigenvalue weighted by atomic mass is 9.93. The van der Waals surface area contributed by atoms with E-state index in [2.05, 4.69) is 10.6 Å². The van der Waals surface area contributed by atoms with Crippen molar-refractivity contribution in [3.05, 3.63) is 12.2 Å². The molecule has 3 rings (SSSR count). The van der Waals surface area contributed by atoms with Crippen LogP contribution in [0.25, 0.3) is 0 Å². The van der Waals surface area contributed by atoms with Gasteiger partial charge in [-0.05, 0) is 19.3 Å². The van der Waals surface area contributed by atoms with Crippen LogP contribution in [-0.2, 0) is 19.1 Å². The summed E-state index contributed by atoms with van der Waals surface area (Å²) in [5, 5.41) is 15.5. The molecule has 2 fully saturated rings. The van der Waals surface area contributed by atoms with Gasteiger partial charge in [-0.2, -0.15) is 0 Å². The number of hydrogen-bond acceptors (Lipinski definition) is 6. The average molecular weight is 367 g/mol. The third-order valence-corrected chi connectivity index (χ3v) is 5.12. The van der Waals surface area contributed by atoms with Crippen LogP contribution >= 0.6 is 0 Å². The van der Waals surface area contributed by atoms with Crippen LogP contribution in [0.4, 0.5) is 0 Å². The molecule has 26 heavy (non-hydrogen) atoms. The molecule has 8 nitrogen and oxygen atoms in total. The first-order valence-electron chi connectivity index (χ1n) is 9.47. The minimum atomic E-state index is -0.546. The lowest BCUT2D eigenvalue weighted by Gasteiger charge is -2.33. The van der Waals surface area contributed by atoms with E-state index in [1.54, 1.807) is 6.08 Å². The molecule has 0 aromatic heterocycles. The zero-order valence-corrected chi connectivity index (χ0v) is 15.1. The van der Waals surface area contributed by atoms with Crippen molar-refractivity contribution in [3.8, 4) is 0 Å². The molecule has 8 heteroatoms. The summed E-state index contributed by atoms with van der Waals surface area (Å²) >= 11 is 0. The van der Waals surface area contributed by atoms with E-state index in [9.17, 15) is 14.7 Å². The van der Waals surface area contributed by atoms with Gasteiger partial charge in [-0.3, -0.25) is 14.5 Å². The van der Waals surface area contributed by atoms with Crippen molar-refractivity contribution < 1.29 is 24.2 Å². The Hall–Kier alpha value is -1.48. The smallest absolute Gasteiger partial charge is 0.234 e. The largest absolute Gasteiger partial charge is 0.394 e. The first kappa shape index (κ1) is 19.3. The fourth-order valence-corrected chi connectivity index (χ4v) is 3.35. The van der Waals surface area contributed by atoms with Crippen LogP contribution in [0, 0.1) is 0 Å². The normalized spacial score (nSPS) is 29.8. The molecule has 3 atom stereocenters. The maximum absolute atomic E-state index is 12.2. The maximum Gasteiger partial charge on any atom is 0.234 e. The molecule has 0 aromatic rings. The lowest BCUT2D eigenvalue weighted by Crippen LogP contribution is -2.52. The summed E-state index contributed by atoms with van der Waals surface area (Å²) in [6.45, 7) is 2.86. The molecule has 1 aliphatic carbocycles. The molecule has 3 aliphatic rings. The Labute approximate surface area is 153 Å². The Bertz CT molecular complexity index is 517. The standard InChI is InChI=1S/C18H29N3O5/c22-12-16-15(20-18(24)11-21-6-8-25-9-7-21)5-4-14(26-16)10-17(23)19-13-2-1-3-13/h4-5,13-16,22H,1-3,6-12H2,(H,19,23)(H,20,24)/t14-,15+,16-/m0/s1. The van der Waals surface area contributed by atoms with Gasteiger partial charge in [-0.25, -0.2) is 0 Å². The average Bonchev–Trinajstić information content (AvgIpc) is 2.60. The fraction of sp³-hybridized carbons (Fsp3) is 0.778. The second kappa shape index (κ2) is 9.45. The van der Waals surface area contributed by atoms with Gasteiger partial charge >= 0.3 is 0 Å².